The molecule has 90 heavy (non-hydrogen) atoms. The van der Waals surface area contributed by atoms with Crippen LogP contribution in [0, 0.1) is 0 Å². The second-order valence-corrected chi connectivity index (χ2v) is 33.9. The van der Waals surface area contributed by atoms with Crippen LogP contribution in [0.15, 0.2) is 36.4 Å². The van der Waals surface area contributed by atoms with Gasteiger partial charge in [-0.15, -0.1) is 0 Å². The maximum atomic E-state index is 13.3. The van der Waals surface area contributed by atoms with E-state index in [0.717, 1.165) is 99.6 Å². The SMILES string of the molecule is CCCCCCCCCCCCCCCCCCOC(=O)CCc1cc(C(C)(C)C)c(Oc2cc(C(C)(C)C)c(Oc3c(C(C)(C)C)cc(C(CCCCCCCCCCCCCCCCCC)CC(=O)O)cc3C(C)(C)C)cc2C(C)(C)C)c(C(C)(C)C)c1. The first-order chi connectivity index (χ1) is 42.2. The molecule has 0 amide bonds. The van der Waals surface area contributed by atoms with Crippen molar-refractivity contribution in [2.45, 2.75) is 408 Å². The Hall–Kier alpha value is -3.80. The molecule has 0 spiro atoms. The van der Waals surface area contributed by atoms with E-state index in [4.69, 9.17) is 14.2 Å². The van der Waals surface area contributed by atoms with E-state index in [1.165, 1.54) is 180 Å². The molecule has 0 saturated carbocycles. The third-order valence-corrected chi connectivity index (χ3v) is 18.8. The summed E-state index contributed by atoms with van der Waals surface area (Å²) in [6.45, 7) is 45.7. The maximum Gasteiger partial charge on any atom is 0.306 e. The zero-order chi connectivity index (χ0) is 67.2. The van der Waals surface area contributed by atoms with Crippen LogP contribution in [-0.2, 0) is 53.2 Å². The highest BCUT2D eigenvalue weighted by Gasteiger charge is 2.35. The van der Waals surface area contributed by atoms with Crippen LogP contribution in [0.2, 0.25) is 0 Å². The second-order valence-electron chi connectivity index (χ2n) is 33.9. The molecule has 6 nitrogen and oxygen atoms in total. The van der Waals surface area contributed by atoms with Crippen molar-refractivity contribution in [2.24, 2.45) is 0 Å². The van der Waals surface area contributed by atoms with Gasteiger partial charge in [0.15, 0.2) is 0 Å². The van der Waals surface area contributed by atoms with Crippen LogP contribution in [0.1, 0.15) is 414 Å². The standard InChI is InChI=1S/C84H142O6/c1-21-23-25-27-29-31-33-35-37-39-41-43-45-47-49-51-53-65(61-75(85)86)66-59-71(83(15,16)17)78(72(60-66)84(18,19)20)90-74-63-67(79(3,4)5)73(62-68(74)80(6,7)8)89-77-69(81(9,10)11)57-64(58-70(77)82(12,13)14)54-55-76(87)88-56-52-50-48-46-44-42-40-38-36-34-32-30-28-26-24-22-2/h57-60,62-63,65H,21-56,61H2,1-20H3,(H,85,86). The molecule has 1 N–H and O–H groups in total. The summed E-state index contributed by atoms with van der Waals surface area (Å²) in [4.78, 5) is 26.0. The van der Waals surface area contributed by atoms with E-state index in [1.807, 2.05) is 0 Å². The Bertz CT molecular complexity index is 2430. The van der Waals surface area contributed by atoms with Gasteiger partial charge in [-0.05, 0) is 80.9 Å². The normalized spacial score (nSPS) is 13.1. The maximum absolute atomic E-state index is 13.3. The van der Waals surface area contributed by atoms with Gasteiger partial charge in [0, 0.05) is 39.8 Å². The summed E-state index contributed by atoms with van der Waals surface area (Å²) >= 11 is 0. The molecule has 0 fully saturated rings. The molecule has 0 aliphatic rings. The Labute approximate surface area is 556 Å². The molecule has 1 atom stereocenters. The Morgan fingerprint density at radius 1 is 0.367 bits per heavy atom. The largest absolute Gasteiger partial charge is 0.481 e. The van der Waals surface area contributed by atoms with E-state index in [9.17, 15) is 14.7 Å². The Morgan fingerprint density at radius 2 is 0.644 bits per heavy atom. The fourth-order valence-corrected chi connectivity index (χ4v) is 13.0. The molecule has 0 aliphatic carbocycles. The number of aryl methyl sites for hydroxylation is 1. The van der Waals surface area contributed by atoms with E-state index in [-0.39, 0.29) is 50.8 Å². The van der Waals surface area contributed by atoms with Crippen molar-refractivity contribution in [1.29, 1.82) is 0 Å². The summed E-state index contributed by atoms with van der Waals surface area (Å²) in [6, 6.07) is 13.6. The number of rotatable bonds is 44. The molecule has 514 valence electrons. The Morgan fingerprint density at radius 3 is 0.933 bits per heavy atom. The molecule has 1 unspecified atom stereocenters. The first kappa shape index (κ1) is 80.4. The van der Waals surface area contributed by atoms with Gasteiger partial charge in [-0.2, -0.15) is 0 Å². The number of carbonyl (C=O) groups excluding carboxylic acids is 1. The predicted octanol–water partition coefficient (Wildman–Crippen LogP) is 27.0. The summed E-state index contributed by atoms with van der Waals surface area (Å²) in [5, 5.41) is 10.4. The number of ether oxygens (including phenoxy) is 3. The van der Waals surface area contributed by atoms with Gasteiger partial charge in [0.25, 0.3) is 0 Å². The first-order valence-electron chi connectivity index (χ1n) is 37.5. The van der Waals surface area contributed by atoms with Crippen LogP contribution in [-0.4, -0.2) is 23.7 Å². The highest BCUT2D eigenvalue weighted by Crippen LogP contribution is 2.51. The van der Waals surface area contributed by atoms with Crippen LogP contribution >= 0.6 is 0 Å². The van der Waals surface area contributed by atoms with Crippen molar-refractivity contribution in [3.63, 3.8) is 0 Å². The van der Waals surface area contributed by atoms with Crippen LogP contribution < -0.4 is 9.47 Å². The number of carbonyl (C=O) groups is 2. The molecule has 0 aromatic heterocycles. The molecule has 0 aliphatic heterocycles. The van der Waals surface area contributed by atoms with E-state index in [1.54, 1.807) is 0 Å². The number of benzene rings is 3. The third-order valence-electron chi connectivity index (χ3n) is 18.8. The first-order valence-corrected chi connectivity index (χ1v) is 37.5. The number of carboxylic acids is 1. The van der Waals surface area contributed by atoms with Crippen molar-refractivity contribution in [3.05, 3.63) is 80.9 Å². The predicted molar refractivity (Wildman–Crippen MR) is 390 cm³/mol. The van der Waals surface area contributed by atoms with E-state index < -0.39 is 5.97 Å². The van der Waals surface area contributed by atoms with Crippen LogP contribution in [0.25, 0.3) is 0 Å². The van der Waals surface area contributed by atoms with Crippen LogP contribution in [0.3, 0.4) is 0 Å². The number of esters is 1. The van der Waals surface area contributed by atoms with Crippen molar-refractivity contribution in [3.8, 4) is 23.0 Å². The molecular weight excluding hydrogens is 1100 g/mol. The summed E-state index contributed by atoms with van der Waals surface area (Å²) < 4.78 is 21.0. The van der Waals surface area contributed by atoms with Gasteiger partial charge in [0.05, 0.1) is 13.0 Å². The zero-order valence-electron chi connectivity index (χ0n) is 62.7. The third kappa shape index (κ3) is 30.5. The van der Waals surface area contributed by atoms with E-state index >= 15 is 0 Å². The number of hydrogen-bond acceptors (Lipinski definition) is 5. The fourth-order valence-electron chi connectivity index (χ4n) is 13.0. The molecular formula is C84H142O6. The lowest BCUT2D eigenvalue weighted by molar-refractivity contribution is -0.143. The molecule has 3 aromatic carbocycles. The summed E-state index contributed by atoms with van der Waals surface area (Å²) in [5.41, 5.74) is 6.91. The Balaban J connectivity index is 1.87. The topological polar surface area (TPSA) is 82.1 Å². The van der Waals surface area contributed by atoms with Gasteiger partial charge in [0.1, 0.15) is 23.0 Å². The quantitative estimate of drug-likeness (QED) is 0.0449. The molecule has 0 heterocycles. The molecule has 6 heteroatoms. The summed E-state index contributed by atoms with van der Waals surface area (Å²) in [5.74, 6) is 2.40. The van der Waals surface area contributed by atoms with Crippen molar-refractivity contribution >= 4 is 11.9 Å². The van der Waals surface area contributed by atoms with Gasteiger partial charge >= 0.3 is 11.9 Å². The lowest BCUT2D eigenvalue weighted by atomic mass is 9.76. The molecule has 3 aromatic rings. The lowest BCUT2D eigenvalue weighted by Gasteiger charge is -2.35. The minimum absolute atomic E-state index is 0.0932. The molecule has 0 bridgehead atoms. The highest BCUT2D eigenvalue weighted by atomic mass is 16.5. The van der Waals surface area contributed by atoms with Gasteiger partial charge in [-0.1, -0.05) is 362 Å². The number of unbranched alkanes of at least 4 members (excludes halogenated alkanes) is 30. The van der Waals surface area contributed by atoms with Crippen molar-refractivity contribution in [1.82, 2.24) is 0 Å². The number of carboxylic acid groups (broad SMARTS) is 1. The van der Waals surface area contributed by atoms with Gasteiger partial charge in [-0.25, -0.2) is 0 Å². The van der Waals surface area contributed by atoms with Gasteiger partial charge in [-0.3, -0.25) is 9.59 Å². The minimum Gasteiger partial charge on any atom is -0.481 e. The number of hydrogen-bond donors (Lipinski definition) is 1. The Kier molecular flexibility index (Phi) is 35.6. The van der Waals surface area contributed by atoms with Gasteiger partial charge in [0.2, 0.25) is 0 Å². The monoisotopic (exact) mass is 1250 g/mol. The summed E-state index contributed by atoms with van der Waals surface area (Å²) in [6.07, 6.45) is 44.2. The fraction of sp³-hybridized carbons (Fsp3) is 0.762. The average molecular weight is 1250 g/mol. The zero-order valence-corrected chi connectivity index (χ0v) is 62.7. The molecule has 0 saturated heterocycles. The van der Waals surface area contributed by atoms with Crippen LogP contribution in [0.4, 0.5) is 0 Å². The minimum atomic E-state index is -0.744. The van der Waals surface area contributed by atoms with Crippen molar-refractivity contribution in [2.75, 3.05) is 6.61 Å². The number of aliphatic carboxylic acids is 1. The average Bonchev–Trinajstić information content (AvgIpc) is 0.762. The van der Waals surface area contributed by atoms with Gasteiger partial charge < -0.3 is 19.3 Å². The van der Waals surface area contributed by atoms with E-state index in [0.29, 0.717) is 19.4 Å². The second kappa shape index (κ2) is 39.8. The van der Waals surface area contributed by atoms with E-state index in [2.05, 4.69) is 175 Å². The van der Waals surface area contributed by atoms with Crippen molar-refractivity contribution < 1.29 is 28.9 Å². The van der Waals surface area contributed by atoms with Crippen LogP contribution in [0.5, 0.6) is 23.0 Å². The highest BCUT2D eigenvalue weighted by molar-refractivity contribution is 5.70. The lowest BCUT2D eigenvalue weighted by Crippen LogP contribution is -2.22. The summed E-state index contributed by atoms with van der Waals surface area (Å²) in [7, 11) is 0. The molecule has 0 radical (unpaired) electrons. The smallest absolute Gasteiger partial charge is 0.306 e. The molecule has 3 rings (SSSR count).